The van der Waals surface area contributed by atoms with Gasteiger partial charge in [-0.05, 0) is 19.2 Å². The van der Waals surface area contributed by atoms with E-state index in [1.165, 1.54) is 61.4 Å². The fraction of sp³-hybridized carbons (Fsp3) is 0.515. The van der Waals surface area contributed by atoms with Crippen LogP contribution in [0.25, 0.3) is 0 Å². The number of carbonyl (C=O) groups is 12. The van der Waals surface area contributed by atoms with E-state index >= 15 is 0 Å². The highest BCUT2D eigenvalue weighted by atomic mass is 32.2. The predicted octanol–water partition coefficient (Wildman–Crippen LogP) is 5.48. The minimum Gasteiger partial charge on any atom is -1.00 e. The van der Waals surface area contributed by atoms with E-state index in [0.717, 1.165) is 12.2 Å². The first-order valence-electron chi connectivity index (χ1n) is 18.3. The van der Waals surface area contributed by atoms with Gasteiger partial charge in [-0.1, -0.05) is 13.8 Å². The molecule has 0 fully saturated rings. The molecule has 0 aromatic carbocycles. The Kier molecular flexibility index (Phi) is 243. The lowest BCUT2D eigenvalue weighted by Crippen LogP contribution is -3.00. The van der Waals surface area contributed by atoms with Gasteiger partial charge in [-0.25, -0.2) is 4.79 Å². The summed E-state index contributed by atoms with van der Waals surface area (Å²) in [4.78, 5) is 123. The smallest absolute Gasteiger partial charge is 0.328 e. The molecule has 54 heteroatoms. The summed E-state index contributed by atoms with van der Waals surface area (Å²) in [5.41, 5.74) is 4.50. The second-order valence-corrected chi connectivity index (χ2v) is 12.0. The van der Waals surface area contributed by atoms with Crippen molar-refractivity contribution in [1.82, 2.24) is 26.6 Å². The first kappa shape index (κ1) is 143. The number of carboxylic acid groups (broad SMARTS) is 5. The molecule has 14 N–H and O–H groups in total. The molecule has 0 radical (unpaired) electrons. The highest BCUT2D eigenvalue weighted by Gasteiger charge is 2.22. The zero-order valence-corrected chi connectivity index (χ0v) is 47.0. The molecule has 0 bridgehead atoms. The number of ketones is 2. The van der Waals surface area contributed by atoms with Crippen molar-refractivity contribution in [3.8, 4) is 0 Å². The summed E-state index contributed by atoms with van der Waals surface area (Å²) in [6.07, 6.45) is 3.52. The van der Waals surface area contributed by atoms with Gasteiger partial charge in [-0.15, -0.1) is 0 Å². The summed E-state index contributed by atoms with van der Waals surface area (Å²) in [6, 6.07) is 0. The molecule has 1 aliphatic rings. The lowest BCUT2D eigenvalue weighted by atomic mass is 10.1. The number of allylic oxidation sites excluding steroid dienone is 2. The van der Waals surface area contributed by atoms with E-state index in [1.807, 2.05) is 0 Å². The lowest BCUT2D eigenvalue weighted by molar-refractivity contribution is -0.143. The van der Waals surface area contributed by atoms with Crippen molar-refractivity contribution in [2.24, 2.45) is 17.6 Å². The molecule has 1 aliphatic carbocycles. The van der Waals surface area contributed by atoms with Crippen molar-refractivity contribution in [1.29, 1.82) is 0 Å². The molecule has 0 aliphatic heterocycles. The molecule has 0 saturated heterocycles. The Hall–Kier alpha value is -7.40. The molecule has 4 unspecified atom stereocenters. The third kappa shape index (κ3) is 167. The number of nitrogens with two attached hydrogens (primary N) is 1. The number of hydrogen-bond acceptors (Lipinski definition) is 15. The summed E-state index contributed by atoms with van der Waals surface area (Å²) >= 11 is -0.601. The van der Waals surface area contributed by atoms with Crippen LogP contribution in [0.2, 0.25) is 0 Å². The Morgan fingerprint density at radius 1 is 0.460 bits per heavy atom. The van der Waals surface area contributed by atoms with Gasteiger partial charge in [-0.3, -0.25) is 52.7 Å². The number of likely N-dealkylation sites (N-methyl/N-ethyl adjacent to an activating group) is 1. The van der Waals surface area contributed by atoms with Gasteiger partial charge >= 0.3 is 29.8 Å². The molecule has 0 aromatic rings. The number of hydrogen-bond donors (Lipinski definition) is 11. The summed E-state index contributed by atoms with van der Waals surface area (Å²) in [5.74, 6) is -8.71. The van der Waals surface area contributed by atoms with E-state index < -0.39 is 76.3 Å². The van der Waals surface area contributed by atoms with Crippen LogP contribution >= 0.6 is 37.8 Å². The maximum absolute atomic E-state index is 11.8. The second-order valence-electron chi connectivity index (χ2n) is 10.5. The molecule has 87 heavy (non-hydrogen) atoms. The number of rotatable bonds is 16. The zero-order chi connectivity index (χ0) is 72.6. The molecule has 536 valence electrons. The van der Waals surface area contributed by atoms with E-state index in [0.29, 0.717) is 0 Å². The van der Waals surface area contributed by atoms with Gasteiger partial charge in [0.2, 0.25) is 29.5 Å². The van der Waals surface area contributed by atoms with Gasteiger partial charge in [0, 0.05) is 170 Å². The van der Waals surface area contributed by atoms with Crippen LogP contribution in [-0.4, -0.2) is 155 Å². The molecule has 4 atom stereocenters. The largest absolute Gasteiger partial charge is 1.00 e. The number of carboxylic acids is 5. The van der Waals surface area contributed by atoms with E-state index in [-0.39, 0.29) is 97.0 Å². The van der Waals surface area contributed by atoms with Crippen LogP contribution in [0, 0.1) is 11.8 Å². The fourth-order valence-corrected chi connectivity index (χ4v) is 3.38. The van der Waals surface area contributed by atoms with Crippen LogP contribution < -0.4 is 37.0 Å². The van der Waals surface area contributed by atoms with Crippen LogP contribution in [0.1, 0.15) is 46.0 Å². The average Bonchev–Trinajstić information content (AvgIpc) is 3.94. The van der Waals surface area contributed by atoms with Gasteiger partial charge in [-0.2, -0.15) is 21.3 Å². The third-order valence-electron chi connectivity index (χ3n) is 5.83. The minimum atomic E-state index is -1.32. The summed E-state index contributed by atoms with van der Waals surface area (Å²) in [5, 5.41) is 49.9. The van der Waals surface area contributed by atoms with Crippen molar-refractivity contribution >= 4 is 109 Å². The molecular weight excluding hydrogens is 1380 g/mol. The van der Waals surface area contributed by atoms with Gasteiger partial charge < -0.3 is 68.0 Å². The van der Waals surface area contributed by atoms with Crippen LogP contribution in [0.4, 0.5) is 118 Å². The first-order chi connectivity index (χ1) is 39.8. The maximum atomic E-state index is 11.8. The number of carbonyl (C=O) groups excluding carboxylic acids is 7. The van der Waals surface area contributed by atoms with Gasteiger partial charge in [0.1, 0.15) is 10.5 Å². The number of halogens is 27. The first-order valence-corrected chi connectivity index (χ1v) is 19.8. The summed E-state index contributed by atoms with van der Waals surface area (Å²) < 4.78 is 216. The van der Waals surface area contributed by atoms with Crippen LogP contribution in [0.5, 0.6) is 0 Å². The van der Waals surface area contributed by atoms with E-state index in [4.69, 9.17) is 135 Å². The molecule has 0 aromatic heterocycles. The summed E-state index contributed by atoms with van der Waals surface area (Å²) in [6.45, 7) is 3.07. The highest BCUT2D eigenvalue weighted by Crippen LogP contribution is 2.16. The molecule has 5 amide bonds. The number of nitrogens with one attached hydrogen (secondary N) is 5. The maximum Gasteiger partial charge on any atom is 0.328 e. The zero-order valence-electron chi connectivity index (χ0n) is 44.4. The number of aliphatic carboxylic acids is 5. The van der Waals surface area contributed by atoms with Crippen molar-refractivity contribution in [2.75, 3.05) is 42.3 Å². The minimum absolute atomic E-state index is 0. The standard InChI is InChI=1S/2C6H11NO3.2C5H8FNO3S.C5H7NO3.C5H4O2.CH5N.12F2.FH.H2O.H2S/c1-4(3-5(8)9)6(10)7-2;1-4(6(9)10)3-5(8)7-2;1-7-5(10)3(11-6)2-4(8)9;1-7-4(8)2-3(11-6)5(9)10;1-6-4(7)2-3-5(8)9;6-4-1-2-5(7)3-4;13*1-2;;;/h4H,3H2,1-2H3,(H,7,10)(H,8,9);4H,3H2,1-2H3,(H,7,8)(H,9,10);3H,2H2,1H3,(H,7,10)(H,8,9);3H,2H2,1H3,(H,7,8)(H,9,10);2-3H,1H3,(H,6,7)(H,8,9);1-2H,3H2;2H2,1H3;;;;;;;;;;;;;1H;2*1H2/p-1/b;;;;3-2-;;;;;;;;;;;;;;;;;. The molecule has 0 spiro atoms. The van der Waals surface area contributed by atoms with Crippen LogP contribution in [-0.2, 0) is 57.5 Å². The van der Waals surface area contributed by atoms with Gasteiger partial charge in [0.05, 0.1) is 55.9 Å². The quantitative estimate of drug-likeness (QED) is 0.0517. The highest BCUT2D eigenvalue weighted by molar-refractivity contribution is 7.95. The van der Waals surface area contributed by atoms with E-state index in [9.17, 15) is 65.3 Å². The number of amides is 5. The average molecular weight is 1440 g/mol. The Morgan fingerprint density at radius 3 is 0.931 bits per heavy atom. The van der Waals surface area contributed by atoms with E-state index in [1.54, 1.807) is 6.92 Å². The Balaban J connectivity index is -0.0000000292. The normalized spacial score (nSPS) is 9.28. The Morgan fingerprint density at radius 2 is 0.747 bits per heavy atom. The third-order valence-corrected chi connectivity index (χ3v) is 7.01. The van der Waals surface area contributed by atoms with Gasteiger partial charge in [0.15, 0.2) is 11.6 Å². The van der Waals surface area contributed by atoms with Crippen molar-refractivity contribution in [3.63, 3.8) is 0 Å². The van der Waals surface area contributed by atoms with Crippen molar-refractivity contribution in [2.45, 2.75) is 56.5 Å². The molecular formula is C33H58F27N6O18S3-. The van der Waals surface area contributed by atoms with Gasteiger partial charge in [0.25, 0.3) is 0 Å². The monoisotopic (exact) mass is 1440 g/mol. The van der Waals surface area contributed by atoms with E-state index in [2.05, 4.69) is 32.3 Å². The Bertz CT molecular complexity index is 1520. The fourth-order valence-electron chi connectivity index (χ4n) is 2.69. The lowest BCUT2D eigenvalue weighted by Gasteiger charge is -2.05. The molecule has 24 nitrogen and oxygen atoms in total. The topological polar surface area (TPSA) is 424 Å². The summed E-state index contributed by atoms with van der Waals surface area (Å²) in [7, 11) is 8.59. The molecule has 0 saturated carbocycles. The van der Waals surface area contributed by atoms with Crippen molar-refractivity contribution < 1.29 is 211 Å². The van der Waals surface area contributed by atoms with Crippen LogP contribution in [0.3, 0.4) is 0 Å². The second kappa shape index (κ2) is 148. The predicted molar refractivity (Wildman–Crippen MR) is 254 cm³/mol. The molecule has 1 rings (SSSR count). The van der Waals surface area contributed by atoms with Crippen molar-refractivity contribution in [3.05, 3.63) is 24.3 Å². The van der Waals surface area contributed by atoms with Crippen LogP contribution in [0.15, 0.2) is 24.3 Å². The Labute approximate surface area is 486 Å². The SMILES string of the molecule is CN.CNC(=O)/C=C\C(=O)O.CNC(=O)C(C)CC(=O)O.CNC(=O)C(CC(=O)O)SF.CNC(=O)CC(C)C(=O)O.CNC(=O)CC(SF)C(=O)O.FF.FF.FF.FF.FF.FF.FF.FF.FF.FF.FF.FF.O.O=C1C=CC(=O)C1.S.[F-]. The molecule has 0 heterocycles.